The Balaban J connectivity index is 1.88. The average Bonchev–Trinajstić information content (AvgIpc) is 2.58. The number of amides is 1. The molecular formula is C18H18BrFN2O4. The van der Waals surface area contributed by atoms with Gasteiger partial charge < -0.3 is 10.1 Å². The summed E-state index contributed by atoms with van der Waals surface area (Å²) >= 11 is 3.38. The van der Waals surface area contributed by atoms with Crippen molar-refractivity contribution >= 4 is 27.5 Å². The molecule has 8 heteroatoms. The Bertz CT molecular complexity index is 809. The molecular weight excluding hydrogens is 407 g/mol. The molecule has 26 heavy (non-hydrogen) atoms. The number of nitro groups is 1. The van der Waals surface area contributed by atoms with E-state index in [1.165, 1.54) is 6.07 Å². The van der Waals surface area contributed by atoms with E-state index < -0.39 is 16.4 Å². The van der Waals surface area contributed by atoms with Crippen LogP contribution in [0.3, 0.4) is 0 Å². The first-order chi connectivity index (χ1) is 12.2. The number of hydrogen-bond acceptors (Lipinski definition) is 4. The second-order valence-corrected chi connectivity index (χ2v) is 7.24. The first kappa shape index (κ1) is 19.8. The molecule has 0 radical (unpaired) electrons. The van der Waals surface area contributed by atoms with Crippen LogP contribution in [-0.4, -0.2) is 24.0 Å². The number of benzene rings is 2. The van der Waals surface area contributed by atoms with Gasteiger partial charge in [-0.1, -0.05) is 41.9 Å². The van der Waals surface area contributed by atoms with Gasteiger partial charge in [0.05, 0.1) is 4.92 Å². The van der Waals surface area contributed by atoms with Crippen molar-refractivity contribution in [1.82, 2.24) is 5.32 Å². The highest BCUT2D eigenvalue weighted by Crippen LogP contribution is 2.24. The fourth-order valence-corrected chi connectivity index (χ4v) is 2.51. The summed E-state index contributed by atoms with van der Waals surface area (Å²) in [7, 11) is 0. The van der Waals surface area contributed by atoms with Crippen LogP contribution in [0.15, 0.2) is 46.9 Å². The third-order valence-electron chi connectivity index (χ3n) is 3.84. The molecule has 1 N–H and O–H groups in total. The number of ether oxygens (including phenoxy) is 1. The van der Waals surface area contributed by atoms with E-state index >= 15 is 0 Å². The van der Waals surface area contributed by atoms with Crippen LogP contribution in [0, 0.1) is 15.9 Å². The zero-order valence-corrected chi connectivity index (χ0v) is 15.9. The van der Waals surface area contributed by atoms with Crippen molar-refractivity contribution < 1.29 is 18.8 Å². The predicted molar refractivity (Wildman–Crippen MR) is 98.7 cm³/mol. The summed E-state index contributed by atoms with van der Waals surface area (Å²) in [6, 6.07) is 11.0. The molecule has 0 atom stereocenters. The minimum absolute atomic E-state index is 0.0513. The third kappa shape index (κ3) is 5.26. The topological polar surface area (TPSA) is 81.5 Å². The second-order valence-electron chi connectivity index (χ2n) is 6.33. The highest BCUT2D eigenvalue weighted by Gasteiger charge is 2.21. The fraction of sp³-hybridized carbons (Fsp3) is 0.278. The van der Waals surface area contributed by atoms with E-state index in [-0.39, 0.29) is 23.7 Å². The zero-order valence-electron chi connectivity index (χ0n) is 14.3. The molecule has 0 spiro atoms. The maximum Gasteiger partial charge on any atom is 0.305 e. The molecule has 0 aliphatic carbocycles. The van der Waals surface area contributed by atoms with E-state index in [1.54, 1.807) is 0 Å². The van der Waals surface area contributed by atoms with Gasteiger partial charge in [-0.2, -0.15) is 4.39 Å². The van der Waals surface area contributed by atoms with Crippen molar-refractivity contribution in [2.24, 2.45) is 0 Å². The molecule has 0 heterocycles. The maximum atomic E-state index is 13.5. The third-order valence-corrected chi connectivity index (χ3v) is 4.37. The predicted octanol–water partition coefficient (Wildman–Crippen LogP) is 3.97. The largest absolute Gasteiger partial charge is 0.484 e. The Morgan fingerprint density at radius 2 is 1.92 bits per heavy atom. The smallest absolute Gasteiger partial charge is 0.305 e. The summed E-state index contributed by atoms with van der Waals surface area (Å²) in [6.45, 7) is 4.09. The number of hydrogen-bond donors (Lipinski definition) is 1. The molecule has 0 saturated carbocycles. The zero-order chi connectivity index (χ0) is 19.3. The van der Waals surface area contributed by atoms with Crippen LogP contribution in [0.4, 0.5) is 10.1 Å². The number of rotatable bonds is 7. The number of nitrogens with zero attached hydrogens (tertiary/aromatic N) is 1. The Morgan fingerprint density at radius 3 is 2.50 bits per heavy atom. The summed E-state index contributed by atoms with van der Waals surface area (Å²) in [5.41, 5.74) is 0.146. The number of carbonyl (C=O) groups excluding carboxylic acids is 1. The Morgan fingerprint density at radius 1 is 1.27 bits per heavy atom. The molecule has 6 nitrogen and oxygen atoms in total. The van der Waals surface area contributed by atoms with E-state index in [1.807, 2.05) is 38.1 Å². The molecule has 0 fully saturated rings. The summed E-state index contributed by atoms with van der Waals surface area (Å²) in [6.07, 6.45) is 0. The molecule has 2 rings (SSSR count). The Hall–Kier alpha value is -2.48. The molecule has 0 unspecified atom stereocenters. The number of nitro benzene ring substituents is 1. The molecule has 0 aliphatic rings. The van der Waals surface area contributed by atoms with Gasteiger partial charge in [0.1, 0.15) is 5.75 Å². The lowest BCUT2D eigenvalue weighted by Crippen LogP contribution is -2.38. The SMILES string of the molecule is CC(C)(CNC(=O)COc1ccc([N+](=O)[O-])c(F)c1)c1ccc(Br)cc1. The van der Waals surface area contributed by atoms with Gasteiger partial charge >= 0.3 is 5.69 Å². The van der Waals surface area contributed by atoms with E-state index in [9.17, 15) is 19.3 Å². The normalized spacial score (nSPS) is 11.1. The summed E-state index contributed by atoms with van der Waals surface area (Å²) in [5.74, 6) is -1.33. The Labute approximate surface area is 158 Å². The van der Waals surface area contributed by atoms with E-state index in [0.29, 0.717) is 6.54 Å². The van der Waals surface area contributed by atoms with E-state index in [2.05, 4.69) is 21.2 Å². The van der Waals surface area contributed by atoms with E-state index in [0.717, 1.165) is 22.2 Å². The molecule has 2 aromatic carbocycles. The minimum Gasteiger partial charge on any atom is -0.484 e. The first-order valence-corrected chi connectivity index (χ1v) is 8.58. The van der Waals surface area contributed by atoms with Crippen LogP contribution in [0.1, 0.15) is 19.4 Å². The van der Waals surface area contributed by atoms with Crippen LogP contribution in [0.25, 0.3) is 0 Å². The highest BCUT2D eigenvalue weighted by molar-refractivity contribution is 9.10. The average molecular weight is 425 g/mol. The van der Waals surface area contributed by atoms with Crippen molar-refractivity contribution in [1.29, 1.82) is 0 Å². The van der Waals surface area contributed by atoms with Gasteiger partial charge in [0, 0.05) is 28.6 Å². The van der Waals surface area contributed by atoms with Gasteiger partial charge in [0.15, 0.2) is 6.61 Å². The molecule has 0 saturated heterocycles. The molecule has 2 aromatic rings. The molecule has 0 aromatic heterocycles. The minimum atomic E-state index is -1.01. The molecule has 1 amide bonds. The van der Waals surface area contributed by atoms with Gasteiger partial charge in [-0.15, -0.1) is 0 Å². The van der Waals surface area contributed by atoms with Gasteiger partial charge in [-0.25, -0.2) is 0 Å². The monoisotopic (exact) mass is 424 g/mol. The summed E-state index contributed by atoms with van der Waals surface area (Å²) < 4.78 is 19.7. The van der Waals surface area contributed by atoms with Crippen LogP contribution in [-0.2, 0) is 10.2 Å². The number of nitrogens with one attached hydrogen (secondary N) is 1. The van der Waals surface area contributed by atoms with Crippen molar-refractivity contribution in [3.63, 3.8) is 0 Å². The van der Waals surface area contributed by atoms with Gasteiger partial charge in [0.2, 0.25) is 5.82 Å². The van der Waals surface area contributed by atoms with Crippen molar-refractivity contribution in [3.8, 4) is 5.75 Å². The van der Waals surface area contributed by atoms with Crippen LogP contribution < -0.4 is 10.1 Å². The highest BCUT2D eigenvalue weighted by atomic mass is 79.9. The van der Waals surface area contributed by atoms with Gasteiger partial charge in [0.25, 0.3) is 5.91 Å². The lowest BCUT2D eigenvalue weighted by Gasteiger charge is -2.25. The lowest BCUT2D eigenvalue weighted by atomic mass is 9.84. The van der Waals surface area contributed by atoms with Crippen molar-refractivity contribution in [2.75, 3.05) is 13.2 Å². The van der Waals surface area contributed by atoms with Crippen LogP contribution in [0.2, 0.25) is 0 Å². The lowest BCUT2D eigenvalue weighted by molar-refractivity contribution is -0.387. The molecule has 0 aliphatic heterocycles. The molecule has 138 valence electrons. The second kappa shape index (κ2) is 8.27. The quantitative estimate of drug-likeness (QED) is 0.538. The molecule has 0 bridgehead atoms. The first-order valence-electron chi connectivity index (χ1n) is 7.78. The summed E-state index contributed by atoms with van der Waals surface area (Å²) in [5, 5.41) is 13.3. The maximum absolute atomic E-state index is 13.5. The Kier molecular flexibility index (Phi) is 6.31. The number of carbonyl (C=O) groups is 1. The van der Waals surface area contributed by atoms with E-state index in [4.69, 9.17) is 4.74 Å². The fourth-order valence-electron chi connectivity index (χ4n) is 2.25. The standard InChI is InChI=1S/C18H18BrFN2O4/c1-18(2,12-3-5-13(19)6-4-12)11-21-17(23)10-26-14-7-8-16(22(24)25)15(20)9-14/h3-9H,10-11H2,1-2H3,(H,21,23). The van der Waals surface area contributed by atoms with Gasteiger partial charge in [-0.3, -0.25) is 14.9 Å². The van der Waals surface area contributed by atoms with Gasteiger partial charge in [-0.05, 0) is 23.8 Å². The number of halogens is 2. The van der Waals surface area contributed by atoms with Crippen molar-refractivity contribution in [3.05, 3.63) is 68.4 Å². The van der Waals surface area contributed by atoms with Crippen molar-refractivity contribution in [2.45, 2.75) is 19.3 Å². The van der Waals surface area contributed by atoms with Crippen LogP contribution in [0.5, 0.6) is 5.75 Å². The van der Waals surface area contributed by atoms with Crippen LogP contribution >= 0.6 is 15.9 Å². The summed E-state index contributed by atoms with van der Waals surface area (Å²) in [4.78, 5) is 21.7.